The van der Waals surface area contributed by atoms with Gasteiger partial charge in [0.25, 0.3) is 0 Å². The maximum atomic E-state index is 17.4. The Bertz CT molecular complexity index is 2950. The van der Waals surface area contributed by atoms with E-state index in [1.54, 1.807) is 37.3 Å². The Labute approximate surface area is 401 Å². The minimum atomic E-state index is -1.46. The molecule has 4 aromatic carbocycles. The quantitative estimate of drug-likeness (QED) is 0.0632. The third kappa shape index (κ3) is 10.7. The van der Waals surface area contributed by atoms with Crippen LogP contribution in [0.2, 0.25) is 0 Å². The van der Waals surface area contributed by atoms with Crippen molar-refractivity contribution in [2.45, 2.75) is 69.2 Å². The third-order valence-corrected chi connectivity index (χ3v) is 12.7. The molecular formula is C52H50F4N6O8. The second kappa shape index (κ2) is 20.8. The molecule has 18 heteroatoms. The molecule has 0 unspecified atom stereocenters. The highest BCUT2D eigenvalue weighted by Gasteiger charge is 2.49. The van der Waals surface area contributed by atoms with Gasteiger partial charge in [-0.2, -0.15) is 9.97 Å². The van der Waals surface area contributed by atoms with Gasteiger partial charge in [0.05, 0.1) is 28.6 Å². The zero-order chi connectivity index (χ0) is 48.8. The van der Waals surface area contributed by atoms with Crippen LogP contribution in [0.4, 0.5) is 27.2 Å². The van der Waals surface area contributed by atoms with E-state index < -0.39 is 53.8 Å². The van der Waals surface area contributed by atoms with Gasteiger partial charge in [-0.15, -0.1) is 0 Å². The predicted octanol–water partition coefficient (Wildman–Crippen LogP) is 8.86. The van der Waals surface area contributed by atoms with Gasteiger partial charge < -0.3 is 38.6 Å². The summed E-state index contributed by atoms with van der Waals surface area (Å²) < 4.78 is 97.1. The number of aromatic nitrogens is 3. The number of carbonyl (C=O) groups is 2. The van der Waals surface area contributed by atoms with Crippen LogP contribution in [-0.2, 0) is 27.4 Å². The number of hydrogen-bond donors (Lipinski definition) is 1. The summed E-state index contributed by atoms with van der Waals surface area (Å²) in [6, 6.07) is 23.9. The molecule has 0 aliphatic carbocycles. The van der Waals surface area contributed by atoms with Crippen molar-refractivity contribution in [2.75, 3.05) is 53.3 Å². The summed E-state index contributed by atoms with van der Waals surface area (Å²) in [5.41, 5.74) is -0.714. The number of halogens is 4. The number of nitrogens with zero attached hydrogens (tertiary/aromatic N) is 5. The van der Waals surface area contributed by atoms with E-state index in [9.17, 15) is 18.4 Å². The molecule has 3 saturated heterocycles. The van der Waals surface area contributed by atoms with Crippen LogP contribution >= 0.6 is 0 Å². The molecule has 0 bridgehead atoms. The molecule has 2 amide bonds. The zero-order valence-electron chi connectivity index (χ0n) is 38.5. The van der Waals surface area contributed by atoms with Crippen molar-refractivity contribution in [2.24, 2.45) is 0 Å². The number of alkyl halides is 2. The summed E-state index contributed by atoms with van der Waals surface area (Å²) in [6.45, 7) is 1.84. The molecule has 364 valence electrons. The maximum Gasteiger partial charge on any atom is 0.410 e. The second-order valence-electron chi connectivity index (χ2n) is 18.0. The Kier molecular flexibility index (Phi) is 14.2. The van der Waals surface area contributed by atoms with Gasteiger partial charge in [0, 0.05) is 50.2 Å². The first-order valence-electron chi connectivity index (χ1n) is 22.9. The van der Waals surface area contributed by atoms with E-state index in [1.165, 1.54) is 36.4 Å². The molecule has 6 aromatic rings. The lowest BCUT2D eigenvalue weighted by molar-refractivity contribution is 0.0394. The number of ether oxygens (including phenoxy) is 6. The monoisotopic (exact) mass is 962 g/mol. The van der Waals surface area contributed by atoms with Crippen molar-refractivity contribution in [3.63, 3.8) is 0 Å². The van der Waals surface area contributed by atoms with Crippen molar-refractivity contribution >= 4 is 33.9 Å². The number of likely N-dealkylation sites (tertiary alicyclic amines) is 1. The summed E-state index contributed by atoms with van der Waals surface area (Å²) in [5.74, 6) is 3.99. The number of benzene rings is 4. The van der Waals surface area contributed by atoms with Gasteiger partial charge in [-0.05, 0) is 61.0 Å². The van der Waals surface area contributed by atoms with Crippen LogP contribution < -0.4 is 19.5 Å². The van der Waals surface area contributed by atoms with E-state index in [0.717, 1.165) is 30.5 Å². The molecule has 1 N–H and O–H groups in total. The van der Waals surface area contributed by atoms with Crippen molar-refractivity contribution in [3.8, 4) is 40.7 Å². The Morgan fingerprint density at radius 2 is 1.64 bits per heavy atom. The largest absolute Gasteiger partial charge is 0.472 e. The van der Waals surface area contributed by atoms with Crippen LogP contribution in [0, 0.1) is 23.5 Å². The van der Waals surface area contributed by atoms with E-state index in [1.807, 2.05) is 36.4 Å². The number of nitrogens with one attached hydrogen (secondary N) is 1. The summed E-state index contributed by atoms with van der Waals surface area (Å²) in [6.07, 6.45) is -0.969. The normalized spacial score (nSPS) is 20.9. The smallest absolute Gasteiger partial charge is 0.410 e. The van der Waals surface area contributed by atoms with E-state index in [2.05, 4.69) is 37.0 Å². The van der Waals surface area contributed by atoms with Gasteiger partial charge in [-0.1, -0.05) is 78.6 Å². The lowest BCUT2D eigenvalue weighted by atomic mass is 9.90. The van der Waals surface area contributed by atoms with Crippen molar-refractivity contribution in [3.05, 3.63) is 119 Å². The predicted molar refractivity (Wildman–Crippen MR) is 249 cm³/mol. The standard InChI is InChI=1S/C52H50F4N6O8/c1-51(23-36(53)26-61(30-51)50(64)68-29-34-13-7-4-8-14-34)60-49(63)66-20-9-15-39-42(55)17-16-35-21-38(70-32-65-2)22-40(43(35)39)45-44(56)46-41(25-57-45)47(67-28-33-11-5-3-6-12-33)59-48(58-46)69-31-52-18-10-19-62(52)27-37(54)24-52/h3-8,11-14,16-17,21-22,25,36-37H,10,18-20,23-24,26-32H2,1-2H3,(H,60,63)/t36-,37-,51-,52+/m1/s1. The number of carbonyl (C=O) groups excluding carboxylic acids is 2. The van der Waals surface area contributed by atoms with E-state index in [4.69, 9.17) is 28.4 Å². The van der Waals surface area contributed by atoms with E-state index in [0.29, 0.717) is 18.4 Å². The first kappa shape index (κ1) is 47.8. The number of amides is 2. The highest BCUT2D eigenvalue weighted by molar-refractivity contribution is 6.02. The average molecular weight is 963 g/mol. The molecule has 0 radical (unpaired) electrons. The molecule has 0 spiro atoms. The fourth-order valence-corrected chi connectivity index (χ4v) is 9.57. The van der Waals surface area contributed by atoms with Gasteiger partial charge in [0.2, 0.25) is 5.88 Å². The number of alkyl carbamates (subject to hydrolysis) is 1. The summed E-state index contributed by atoms with van der Waals surface area (Å²) in [7, 11) is 1.44. The number of fused-ring (bicyclic) bond motifs is 3. The number of methoxy groups -OCH3 is 1. The maximum absolute atomic E-state index is 17.4. The number of rotatable bonds is 14. The Balaban J connectivity index is 0.995. The van der Waals surface area contributed by atoms with E-state index in [-0.39, 0.29) is 96.9 Å². The van der Waals surface area contributed by atoms with Gasteiger partial charge in [-0.25, -0.2) is 27.2 Å². The highest BCUT2D eigenvalue weighted by atomic mass is 19.1. The van der Waals surface area contributed by atoms with Crippen molar-refractivity contribution in [1.82, 2.24) is 30.1 Å². The molecule has 5 heterocycles. The lowest BCUT2D eigenvalue weighted by Crippen LogP contribution is -2.61. The van der Waals surface area contributed by atoms with Crippen LogP contribution in [0.25, 0.3) is 32.9 Å². The average Bonchev–Trinajstić information content (AvgIpc) is 3.88. The molecule has 9 rings (SSSR count). The molecule has 3 fully saturated rings. The molecule has 3 aliphatic rings. The number of hydrogen-bond acceptors (Lipinski definition) is 12. The molecule has 2 aromatic heterocycles. The third-order valence-electron chi connectivity index (χ3n) is 12.7. The van der Waals surface area contributed by atoms with E-state index >= 15 is 8.78 Å². The Hall–Kier alpha value is -7.23. The highest BCUT2D eigenvalue weighted by Crippen LogP contribution is 2.42. The first-order chi connectivity index (χ1) is 33.9. The second-order valence-corrected chi connectivity index (χ2v) is 18.0. The van der Waals surface area contributed by atoms with Gasteiger partial charge >= 0.3 is 18.2 Å². The Morgan fingerprint density at radius 1 is 0.886 bits per heavy atom. The Morgan fingerprint density at radius 3 is 2.41 bits per heavy atom. The van der Waals surface area contributed by atoms with Gasteiger partial charge in [0.15, 0.2) is 19.2 Å². The number of pyridine rings is 1. The fraction of sp³-hybridized carbons (Fsp3) is 0.365. The van der Waals surface area contributed by atoms with Crippen LogP contribution in [0.15, 0.2) is 91.1 Å². The molecule has 70 heavy (non-hydrogen) atoms. The molecule has 14 nitrogen and oxygen atoms in total. The lowest BCUT2D eigenvalue weighted by Gasteiger charge is -2.41. The fourth-order valence-electron chi connectivity index (χ4n) is 9.57. The molecule has 0 saturated carbocycles. The van der Waals surface area contributed by atoms with Crippen molar-refractivity contribution in [1.29, 1.82) is 0 Å². The van der Waals surface area contributed by atoms with Crippen LogP contribution in [0.3, 0.4) is 0 Å². The van der Waals surface area contributed by atoms with Crippen LogP contribution in [0.1, 0.15) is 49.3 Å². The summed E-state index contributed by atoms with van der Waals surface area (Å²) in [4.78, 5) is 42.9. The molecule has 3 aliphatic heterocycles. The minimum absolute atomic E-state index is 0.00158. The van der Waals surface area contributed by atoms with Crippen molar-refractivity contribution < 1.29 is 55.6 Å². The van der Waals surface area contributed by atoms with Gasteiger partial charge in [-0.3, -0.25) is 9.88 Å². The summed E-state index contributed by atoms with van der Waals surface area (Å²) >= 11 is 0. The summed E-state index contributed by atoms with van der Waals surface area (Å²) in [5, 5.41) is 3.33. The molecule has 4 atom stereocenters. The van der Waals surface area contributed by atoms with Crippen LogP contribution in [-0.4, -0.2) is 114 Å². The number of piperidine rings is 1. The SMILES string of the molecule is COCOc1cc(-c2ncc3c(OCc4ccccc4)nc(OC[C@@]45CCCN4C[C@H](F)C5)nc3c2F)c2c(C#CCOC(=O)N[C@]3(C)C[C@@H](F)CN(C(=O)OCc4ccccc4)C3)c(F)ccc2c1. The zero-order valence-corrected chi connectivity index (χ0v) is 38.5. The minimum Gasteiger partial charge on any atom is -0.472 e. The topological polar surface area (TPSA) is 147 Å². The molecular weight excluding hydrogens is 913 g/mol. The van der Waals surface area contributed by atoms with Crippen LogP contribution in [0.5, 0.6) is 17.6 Å². The first-order valence-corrected chi connectivity index (χ1v) is 22.9. The van der Waals surface area contributed by atoms with Gasteiger partial charge in [0.1, 0.15) is 54.9 Å².